The maximum Gasteiger partial charge on any atom is 0.330 e. The maximum absolute atomic E-state index is 11.5. The smallest absolute Gasteiger partial charge is 0.330 e. The highest BCUT2D eigenvalue weighted by Crippen LogP contribution is 2.35. The summed E-state index contributed by atoms with van der Waals surface area (Å²) in [5.41, 5.74) is 5.01. The van der Waals surface area contributed by atoms with Crippen LogP contribution in [0.2, 0.25) is 0 Å². The number of nitrogens with one attached hydrogen (secondary N) is 1. The molecule has 1 unspecified atom stereocenters. The average molecular weight is 364 g/mol. The predicted octanol–water partition coefficient (Wildman–Crippen LogP) is 3.63. The summed E-state index contributed by atoms with van der Waals surface area (Å²) >= 11 is 0. The number of nitrogens with zero attached hydrogens (tertiary/aromatic N) is 1. The molecule has 0 fully saturated rings. The highest BCUT2D eigenvalue weighted by molar-refractivity contribution is 5.87. The zero-order valence-electron chi connectivity index (χ0n) is 16.2. The molecule has 0 aliphatic carbocycles. The molecule has 0 bridgehead atoms. The molecule has 0 saturated carbocycles. The number of carbonyl (C=O) groups is 1. The molecule has 0 saturated heterocycles. The van der Waals surface area contributed by atoms with Gasteiger partial charge in [0, 0.05) is 37.8 Å². The van der Waals surface area contributed by atoms with Crippen molar-refractivity contribution < 1.29 is 9.53 Å². The van der Waals surface area contributed by atoms with Gasteiger partial charge in [-0.2, -0.15) is 0 Å². The molecule has 1 atom stereocenters. The summed E-state index contributed by atoms with van der Waals surface area (Å²) in [4.78, 5) is 13.8. The van der Waals surface area contributed by atoms with Crippen LogP contribution in [0, 0.1) is 0 Å². The van der Waals surface area contributed by atoms with Crippen molar-refractivity contribution in [3.8, 4) is 0 Å². The minimum atomic E-state index is -0.297. The lowest BCUT2D eigenvalue weighted by molar-refractivity contribution is -0.137. The second kappa shape index (κ2) is 9.38. The Morgan fingerprint density at radius 2 is 2.07 bits per heavy atom. The number of ether oxygens (including phenoxy) is 1. The van der Waals surface area contributed by atoms with Crippen LogP contribution in [0.3, 0.4) is 0 Å². The molecule has 0 spiro atoms. The molecule has 3 rings (SSSR count). The van der Waals surface area contributed by atoms with E-state index >= 15 is 0 Å². The number of fused-ring (bicyclic) bond motifs is 1. The number of benzene rings is 2. The van der Waals surface area contributed by atoms with Gasteiger partial charge in [-0.1, -0.05) is 36.4 Å². The zero-order valence-corrected chi connectivity index (χ0v) is 16.2. The Morgan fingerprint density at radius 1 is 1.26 bits per heavy atom. The van der Waals surface area contributed by atoms with Gasteiger partial charge >= 0.3 is 5.97 Å². The monoisotopic (exact) mass is 364 g/mol. The quantitative estimate of drug-likeness (QED) is 0.441. The molecular formula is C23H28N2O2. The lowest BCUT2D eigenvalue weighted by Gasteiger charge is -2.13. The molecule has 1 heterocycles. The van der Waals surface area contributed by atoms with E-state index in [1.807, 2.05) is 13.0 Å². The molecule has 4 heteroatoms. The Labute approximate surface area is 161 Å². The van der Waals surface area contributed by atoms with Gasteiger partial charge in [0.25, 0.3) is 0 Å². The Balaban J connectivity index is 1.59. The first-order valence-corrected chi connectivity index (χ1v) is 9.62. The van der Waals surface area contributed by atoms with Crippen molar-refractivity contribution in [2.75, 3.05) is 38.2 Å². The fourth-order valence-corrected chi connectivity index (χ4v) is 3.56. The van der Waals surface area contributed by atoms with E-state index < -0.39 is 0 Å². The summed E-state index contributed by atoms with van der Waals surface area (Å²) in [6.07, 6.45) is 4.37. The van der Waals surface area contributed by atoms with Gasteiger partial charge in [-0.3, -0.25) is 0 Å². The SMILES string of the molecule is CCOC(=O)/C=C/c1ccc2c(c1)C(CNCCc1ccccc1)CN2C. The van der Waals surface area contributed by atoms with E-state index in [1.54, 1.807) is 0 Å². The standard InChI is InChI=1S/C23H28N2O2/c1-3-27-23(26)12-10-19-9-11-22-21(15-19)20(17-25(22)2)16-24-14-13-18-7-5-4-6-8-18/h4-12,15,20,24H,3,13-14,16-17H2,1-2H3/b12-10+. The number of carbonyl (C=O) groups excluding carboxylic acids is 1. The van der Waals surface area contributed by atoms with Crippen LogP contribution in [-0.4, -0.2) is 39.3 Å². The fourth-order valence-electron chi connectivity index (χ4n) is 3.56. The van der Waals surface area contributed by atoms with Crippen LogP contribution in [0.25, 0.3) is 6.08 Å². The van der Waals surface area contributed by atoms with Gasteiger partial charge in [0.1, 0.15) is 0 Å². The number of hydrogen-bond acceptors (Lipinski definition) is 4. The summed E-state index contributed by atoms with van der Waals surface area (Å²) in [6, 6.07) is 16.9. The van der Waals surface area contributed by atoms with Gasteiger partial charge in [0.15, 0.2) is 0 Å². The lowest BCUT2D eigenvalue weighted by Crippen LogP contribution is -2.26. The first kappa shape index (κ1) is 19.2. The molecule has 1 N–H and O–H groups in total. The van der Waals surface area contributed by atoms with Crippen LogP contribution in [0.15, 0.2) is 54.6 Å². The highest BCUT2D eigenvalue weighted by atomic mass is 16.5. The molecule has 27 heavy (non-hydrogen) atoms. The van der Waals surface area contributed by atoms with E-state index in [0.29, 0.717) is 12.5 Å². The third-order valence-corrected chi connectivity index (χ3v) is 4.92. The van der Waals surface area contributed by atoms with Crippen molar-refractivity contribution in [2.45, 2.75) is 19.3 Å². The van der Waals surface area contributed by atoms with Crippen molar-refractivity contribution in [2.24, 2.45) is 0 Å². The normalized spacial score (nSPS) is 15.9. The molecule has 0 amide bonds. The van der Waals surface area contributed by atoms with E-state index in [-0.39, 0.29) is 5.97 Å². The second-order valence-corrected chi connectivity index (χ2v) is 6.92. The summed E-state index contributed by atoms with van der Waals surface area (Å²) in [5, 5.41) is 3.60. The van der Waals surface area contributed by atoms with Crippen molar-refractivity contribution in [1.82, 2.24) is 5.32 Å². The third-order valence-electron chi connectivity index (χ3n) is 4.92. The van der Waals surface area contributed by atoms with E-state index in [1.165, 1.54) is 22.9 Å². The summed E-state index contributed by atoms with van der Waals surface area (Å²) in [5.74, 6) is 0.158. The molecule has 4 nitrogen and oxygen atoms in total. The van der Waals surface area contributed by atoms with Crippen LogP contribution in [0.5, 0.6) is 0 Å². The van der Waals surface area contributed by atoms with Gasteiger partial charge < -0.3 is 15.0 Å². The number of anilines is 1. The summed E-state index contributed by atoms with van der Waals surface area (Å²) in [6.45, 7) is 5.15. The van der Waals surface area contributed by atoms with Crippen molar-refractivity contribution >= 4 is 17.7 Å². The van der Waals surface area contributed by atoms with Crippen LogP contribution in [0.4, 0.5) is 5.69 Å². The Hall–Kier alpha value is -2.59. The van der Waals surface area contributed by atoms with E-state index in [4.69, 9.17) is 4.74 Å². The Bertz CT molecular complexity index is 786. The predicted molar refractivity (Wildman–Crippen MR) is 111 cm³/mol. The average Bonchev–Trinajstić information content (AvgIpc) is 3.00. The molecule has 2 aromatic rings. The van der Waals surface area contributed by atoms with Crippen LogP contribution < -0.4 is 10.2 Å². The van der Waals surface area contributed by atoms with Crippen LogP contribution >= 0.6 is 0 Å². The number of likely N-dealkylation sites (N-methyl/N-ethyl adjacent to an activating group) is 1. The Morgan fingerprint density at radius 3 is 2.85 bits per heavy atom. The first-order chi connectivity index (χ1) is 13.2. The second-order valence-electron chi connectivity index (χ2n) is 6.92. The molecule has 2 aromatic carbocycles. The first-order valence-electron chi connectivity index (χ1n) is 9.62. The van der Waals surface area contributed by atoms with Gasteiger partial charge in [0.05, 0.1) is 6.61 Å². The summed E-state index contributed by atoms with van der Waals surface area (Å²) < 4.78 is 4.95. The molecule has 1 aliphatic heterocycles. The molecule has 142 valence electrons. The van der Waals surface area contributed by atoms with E-state index in [2.05, 4.69) is 65.8 Å². The van der Waals surface area contributed by atoms with E-state index in [9.17, 15) is 4.79 Å². The van der Waals surface area contributed by atoms with Crippen molar-refractivity contribution in [3.63, 3.8) is 0 Å². The topological polar surface area (TPSA) is 41.6 Å². The summed E-state index contributed by atoms with van der Waals surface area (Å²) in [7, 11) is 2.14. The maximum atomic E-state index is 11.5. The zero-order chi connectivity index (χ0) is 19.1. The minimum Gasteiger partial charge on any atom is -0.463 e. The molecule has 1 aliphatic rings. The van der Waals surface area contributed by atoms with E-state index in [0.717, 1.165) is 31.6 Å². The molecule has 0 aromatic heterocycles. The van der Waals surface area contributed by atoms with Crippen molar-refractivity contribution in [1.29, 1.82) is 0 Å². The van der Waals surface area contributed by atoms with Gasteiger partial charge in [-0.15, -0.1) is 0 Å². The lowest BCUT2D eigenvalue weighted by atomic mass is 9.98. The fraction of sp³-hybridized carbons (Fsp3) is 0.348. The third kappa shape index (κ3) is 5.20. The highest BCUT2D eigenvalue weighted by Gasteiger charge is 2.25. The minimum absolute atomic E-state index is 0.297. The van der Waals surface area contributed by atoms with Gasteiger partial charge in [-0.25, -0.2) is 4.79 Å². The molecular weight excluding hydrogens is 336 g/mol. The van der Waals surface area contributed by atoms with Crippen molar-refractivity contribution in [3.05, 3.63) is 71.3 Å². The number of rotatable bonds is 8. The van der Waals surface area contributed by atoms with Crippen LogP contribution in [-0.2, 0) is 16.0 Å². The number of hydrogen-bond donors (Lipinski definition) is 1. The molecule has 0 radical (unpaired) electrons. The Kier molecular flexibility index (Phi) is 6.66. The van der Waals surface area contributed by atoms with Gasteiger partial charge in [0.2, 0.25) is 0 Å². The number of esters is 1. The van der Waals surface area contributed by atoms with Crippen LogP contribution in [0.1, 0.15) is 29.5 Å². The van der Waals surface area contributed by atoms with Gasteiger partial charge in [-0.05, 0) is 54.8 Å². The largest absolute Gasteiger partial charge is 0.463 e.